The van der Waals surface area contributed by atoms with Gasteiger partial charge in [0.1, 0.15) is 0 Å². The van der Waals surface area contributed by atoms with E-state index >= 15 is 0 Å². The zero-order valence-corrected chi connectivity index (χ0v) is 12.7. The summed E-state index contributed by atoms with van der Waals surface area (Å²) < 4.78 is 0. The number of rotatable bonds is 5. The Bertz CT molecular complexity index is 606. The van der Waals surface area contributed by atoms with Crippen LogP contribution >= 0.6 is 0 Å². The van der Waals surface area contributed by atoms with Crippen molar-refractivity contribution in [3.05, 3.63) is 53.9 Å². The number of aryl methyl sites for hydroxylation is 1. The van der Waals surface area contributed by atoms with Crippen molar-refractivity contribution in [3.8, 4) is 0 Å². The molecule has 4 heteroatoms. The quantitative estimate of drug-likeness (QED) is 0.881. The minimum absolute atomic E-state index is 0.0173. The molecule has 21 heavy (non-hydrogen) atoms. The highest BCUT2D eigenvalue weighted by Crippen LogP contribution is 2.16. The average molecular weight is 283 g/mol. The summed E-state index contributed by atoms with van der Waals surface area (Å²) >= 11 is 0. The van der Waals surface area contributed by atoms with Crippen molar-refractivity contribution in [1.82, 2.24) is 4.98 Å². The van der Waals surface area contributed by atoms with Crippen LogP contribution in [-0.2, 0) is 11.3 Å². The fourth-order valence-electron chi connectivity index (χ4n) is 1.84. The molecule has 2 rings (SSSR count). The Labute approximate surface area is 125 Å². The number of hydrogen-bond donors (Lipinski definition) is 2. The van der Waals surface area contributed by atoms with E-state index in [9.17, 15) is 4.79 Å². The van der Waals surface area contributed by atoms with Gasteiger partial charge in [0.15, 0.2) is 0 Å². The number of amides is 1. The summed E-state index contributed by atoms with van der Waals surface area (Å²) in [4.78, 5) is 15.7. The first-order valence-corrected chi connectivity index (χ1v) is 7.10. The number of anilines is 2. The van der Waals surface area contributed by atoms with Crippen LogP contribution in [0.4, 0.5) is 11.4 Å². The number of pyridine rings is 1. The molecule has 0 saturated heterocycles. The van der Waals surface area contributed by atoms with E-state index in [-0.39, 0.29) is 11.8 Å². The predicted molar refractivity (Wildman–Crippen MR) is 86.2 cm³/mol. The number of nitrogens with one attached hydrogen (secondary N) is 2. The van der Waals surface area contributed by atoms with Crippen LogP contribution in [0.15, 0.2) is 42.7 Å². The Morgan fingerprint density at radius 3 is 2.43 bits per heavy atom. The van der Waals surface area contributed by atoms with Crippen molar-refractivity contribution in [3.63, 3.8) is 0 Å². The molecular formula is C17H21N3O. The molecule has 1 aromatic carbocycles. The number of nitrogens with zero attached hydrogens (tertiary/aromatic N) is 1. The van der Waals surface area contributed by atoms with Crippen molar-refractivity contribution in [2.45, 2.75) is 27.3 Å². The lowest BCUT2D eigenvalue weighted by atomic mass is 10.1. The van der Waals surface area contributed by atoms with E-state index in [1.807, 2.05) is 50.4 Å². The van der Waals surface area contributed by atoms with Crippen molar-refractivity contribution < 1.29 is 4.79 Å². The van der Waals surface area contributed by atoms with Gasteiger partial charge in [-0.25, -0.2) is 0 Å². The van der Waals surface area contributed by atoms with E-state index in [1.165, 1.54) is 11.1 Å². The Hall–Kier alpha value is -2.36. The van der Waals surface area contributed by atoms with Gasteiger partial charge in [0.25, 0.3) is 0 Å². The fourth-order valence-corrected chi connectivity index (χ4v) is 1.84. The molecule has 1 amide bonds. The third-order valence-corrected chi connectivity index (χ3v) is 3.31. The molecule has 0 saturated carbocycles. The topological polar surface area (TPSA) is 54.0 Å². The number of benzene rings is 1. The molecule has 0 aliphatic carbocycles. The summed E-state index contributed by atoms with van der Waals surface area (Å²) in [6.07, 6.45) is 3.67. The van der Waals surface area contributed by atoms with Crippen molar-refractivity contribution in [1.29, 1.82) is 0 Å². The molecule has 1 heterocycles. The number of hydrogen-bond acceptors (Lipinski definition) is 3. The second-order valence-electron chi connectivity index (χ2n) is 5.38. The lowest BCUT2D eigenvalue weighted by molar-refractivity contribution is -0.118. The van der Waals surface area contributed by atoms with Crippen LogP contribution in [0.5, 0.6) is 0 Å². The second-order valence-corrected chi connectivity index (χ2v) is 5.38. The summed E-state index contributed by atoms with van der Waals surface area (Å²) in [5.74, 6) is 0.0121. The standard InChI is InChI=1S/C17H21N3O/c1-12(2)17(21)20-16-6-4-15(5-7-16)19-11-14-10-18-9-8-13(14)3/h4-10,12,19H,11H2,1-3H3,(H,20,21). The van der Waals surface area contributed by atoms with E-state index in [0.29, 0.717) is 0 Å². The smallest absolute Gasteiger partial charge is 0.226 e. The molecule has 0 aliphatic rings. The van der Waals surface area contributed by atoms with Crippen LogP contribution in [0.2, 0.25) is 0 Å². The third-order valence-electron chi connectivity index (χ3n) is 3.31. The van der Waals surface area contributed by atoms with Crippen LogP contribution in [-0.4, -0.2) is 10.9 Å². The van der Waals surface area contributed by atoms with Gasteiger partial charge in [0, 0.05) is 36.2 Å². The Morgan fingerprint density at radius 2 is 1.81 bits per heavy atom. The minimum atomic E-state index is -0.0173. The van der Waals surface area contributed by atoms with Crippen LogP contribution < -0.4 is 10.6 Å². The lowest BCUT2D eigenvalue weighted by Gasteiger charge is -2.10. The molecule has 2 N–H and O–H groups in total. The lowest BCUT2D eigenvalue weighted by Crippen LogP contribution is -2.17. The second kappa shape index (κ2) is 6.88. The highest BCUT2D eigenvalue weighted by molar-refractivity contribution is 5.92. The normalized spacial score (nSPS) is 10.5. The van der Waals surface area contributed by atoms with Gasteiger partial charge >= 0.3 is 0 Å². The summed E-state index contributed by atoms with van der Waals surface area (Å²) in [6, 6.07) is 9.72. The molecule has 0 aliphatic heterocycles. The van der Waals surface area contributed by atoms with Crippen molar-refractivity contribution >= 4 is 17.3 Å². The number of aromatic nitrogens is 1. The first-order chi connectivity index (χ1) is 10.1. The summed E-state index contributed by atoms with van der Waals surface area (Å²) in [5, 5.41) is 6.23. The van der Waals surface area contributed by atoms with Gasteiger partial charge in [-0.2, -0.15) is 0 Å². The highest BCUT2D eigenvalue weighted by atomic mass is 16.1. The maximum absolute atomic E-state index is 11.6. The average Bonchev–Trinajstić information content (AvgIpc) is 2.48. The van der Waals surface area contributed by atoms with Crippen LogP contribution in [0.1, 0.15) is 25.0 Å². The minimum Gasteiger partial charge on any atom is -0.381 e. The molecule has 0 bridgehead atoms. The Kier molecular flexibility index (Phi) is 4.93. The predicted octanol–water partition coefficient (Wildman–Crippen LogP) is 3.60. The maximum atomic E-state index is 11.6. The highest BCUT2D eigenvalue weighted by Gasteiger charge is 2.06. The first kappa shape index (κ1) is 15.0. The van der Waals surface area contributed by atoms with Gasteiger partial charge in [-0.05, 0) is 48.4 Å². The first-order valence-electron chi connectivity index (χ1n) is 7.10. The fraction of sp³-hybridized carbons (Fsp3) is 0.294. The monoisotopic (exact) mass is 283 g/mol. The van der Waals surface area contributed by atoms with Gasteiger partial charge in [0.05, 0.1) is 0 Å². The molecular weight excluding hydrogens is 262 g/mol. The number of carbonyl (C=O) groups excluding carboxylic acids is 1. The molecule has 0 spiro atoms. The molecule has 2 aromatic rings. The van der Waals surface area contributed by atoms with E-state index in [4.69, 9.17) is 0 Å². The number of carbonyl (C=O) groups is 1. The van der Waals surface area contributed by atoms with Crippen LogP contribution in [0.3, 0.4) is 0 Å². The van der Waals surface area contributed by atoms with Crippen molar-refractivity contribution in [2.24, 2.45) is 5.92 Å². The van der Waals surface area contributed by atoms with Gasteiger partial charge in [-0.3, -0.25) is 9.78 Å². The molecule has 4 nitrogen and oxygen atoms in total. The SMILES string of the molecule is Cc1ccncc1CNc1ccc(NC(=O)C(C)C)cc1. The largest absolute Gasteiger partial charge is 0.381 e. The third kappa shape index (κ3) is 4.31. The van der Waals surface area contributed by atoms with Crippen LogP contribution in [0, 0.1) is 12.8 Å². The maximum Gasteiger partial charge on any atom is 0.226 e. The molecule has 1 aromatic heterocycles. The van der Waals surface area contributed by atoms with E-state index in [1.54, 1.807) is 6.20 Å². The molecule has 0 fully saturated rings. The molecule has 0 atom stereocenters. The van der Waals surface area contributed by atoms with E-state index in [2.05, 4.69) is 22.5 Å². The Morgan fingerprint density at radius 1 is 1.14 bits per heavy atom. The van der Waals surface area contributed by atoms with Gasteiger partial charge in [0.2, 0.25) is 5.91 Å². The van der Waals surface area contributed by atoms with Gasteiger partial charge < -0.3 is 10.6 Å². The summed E-state index contributed by atoms with van der Waals surface area (Å²) in [7, 11) is 0. The molecule has 0 radical (unpaired) electrons. The van der Waals surface area contributed by atoms with Gasteiger partial charge in [-0.15, -0.1) is 0 Å². The summed E-state index contributed by atoms with van der Waals surface area (Å²) in [6.45, 7) is 6.56. The van der Waals surface area contributed by atoms with Gasteiger partial charge in [-0.1, -0.05) is 13.8 Å². The summed E-state index contributed by atoms with van der Waals surface area (Å²) in [5.41, 5.74) is 4.23. The Balaban J connectivity index is 1.94. The zero-order chi connectivity index (χ0) is 15.2. The zero-order valence-electron chi connectivity index (χ0n) is 12.7. The molecule has 0 unspecified atom stereocenters. The molecule has 110 valence electrons. The van der Waals surface area contributed by atoms with Crippen LogP contribution in [0.25, 0.3) is 0 Å². The van der Waals surface area contributed by atoms with E-state index in [0.717, 1.165) is 17.9 Å². The van der Waals surface area contributed by atoms with Crippen molar-refractivity contribution in [2.75, 3.05) is 10.6 Å². The van der Waals surface area contributed by atoms with E-state index < -0.39 is 0 Å².